The van der Waals surface area contributed by atoms with Crippen LogP contribution in [-0.2, 0) is 4.79 Å². The Morgan fingerprint density at radius 2 is 1.48 bits per heavy atom. The van der Waals surface area contributed by atoms with Crippen molar-refractivity contribution in [3.05, 3.63) is 71.8 Å². The molecular formula is C24H28O3. The lowest BCUT2D eigenvalue weighted by Gasteiger charge is -2.30. The summed E-state index contributed by atoms with van der Waals surface area (Å²) in [4.78, 5) is 24.6. The quantitative estimate of drug-likeness (QED) is 0.275. The number of rotatable bonds is 6. The number of hydrogen-bond donors (Lipinski definition) is 0. The van der Waals surface area contributed by atoms with Gasteiger partial charge >= 0.3 is 5.97 Å². The minimum absolute atomic E-state index is 0.0441. The number of allylic oxidation sites excluding steroid dienone is 1. The second kappa shape index (κ2) is 8.34. The van der Waals surface area contributed by atoms with Crippen LogP contribution in [0.5, 0.6) is 5.75 Å². The zero-order chi connectivity index (χ0) is 20.1. The van der Waals surface area contributed by atoms with Crippen molar-refractivity contribution in [1.29, 1.82) is 0 Å². The van der Waals surface area contributed by atoms with E-state index in [2.05, 4.69) is 20.8 Å². The van der Waals surface area contributed by atoms with Gasteiger partial charge in [-0.25, -0.2) is 0 Å². The fourth-order valence-corrected chi connectivity index (χ4v) is 3.16. The molecule has 0 radical (unpaired) electrons. The summed E-state index contributed by atoms with van der Waals surface area (Å²) in [5.74, 6) is 0.225. The molecule has 0 heterocycles. The summed E-state index contributed by atoms with van der Waals surface area (Å²) in [6.45, 7) is 10.2. The molecule has 142 valence electrons. The SMILES string of the molecule is CC(C)(C)CC(C)(C)C(=O)Oc1ccc(/C=C/C(=O)c2ccccc2)cc1. The average molecular weight is 364 g/mol. The molecule has 0 unspecified atom stereocenters. The fraction of sp³-hybridized carbons (Fsp3) is 0.333. The van der Waals surface area contributed by atoms with Crippen LogP contribution < -0.4 is 4.74 Å². The molecule has 2 aromatic carbocycles. The van der Waals surface area contributed by atoms with E-state index < -0.39 is 5.41 Å². The van der Waals surface area contributed by atoms with E-state index in [1.807, 2.05) is 44.2 Å². The third-order valence-electron chi connectivity index (χ3n) is 4.10. The highest BCUT2D eigenvalue weighted by Crippen LogP contribution is 2.34. The monoisotopic (exact) mass is 364 g/mol. The van der Waals surface area contributed by atoms with Crippen LogP contribution in [0, 0.1) is 10.8 Å². The van der Waals surface area contributed by atoms with Gasteiger partial charge in [0.15, 0.2) is 5.78 Å². The standard InChI is InChI=1S/C24H28O3/c1-23(2,3)17-24(4,5)22(26)27-20-14-11-18(12-15-20)13-16-21(25)19-9-7-6-8-10-19/h6-16H,17H2,1-5H3/b16-13+. The predicted molar refractivity (Wildman–Crippen MR) is 110 cm³/mol. The Kier molecular flexibility index (Phi) is 6.37. The van der Waals surface area contributed by atoms with E-state index >= 15 is 0 Å². The van der Waals surface area contributed by atoms with Gasteiger partial charge in [0.05, 0.1) is 5.41 Å². The van der Waals surface area contributed by atoms with E-state index in [1.54, 1.807) is 36.4 Å². The van der Waals surface area contributed by atoms with Crippen LogP contribution in [0.3, 0.4) is 0 Å². The van der Waals surface area contributed by atoms with Gasteiger partial charge in [0.25, 0.3) is 0 Å². The maximum Gasteiger partial charge on any atom is 0.316 e. The zero-order valence-corrected chi connectivity index (χ0v) is 16.8. The molecule has 0 bridgehead atoms. The molecule has 2 aromatic rings. The van der Waals surface area contributed by atoms with Crippen LogP contribution in [0.25, 0.3) is 6.08 Å². The second-order valence-electron chi connectivity index (χ2n) is 8.64. The predicted octanol–water partition coefficient (Wildman–Crippen LogP) is 5.95. The Bertz CT molecular complexity index is 807. The second-order valence-corrected chi connectivity index (χ2v) is 8.64. The molecule has 0 atom stereocenters. The largest absolute Gasteiger partial charge is 0.426 e. The van der Waals surface area contributed by atoms with Crippen molar-refractivity contribution in [1.82, 2.24) is 0 Å². The van der Waals surface area contributed by atoms with E-state index in [9.17, 15) is 9.59 Å². The molecule has 0 aliphatic heterocycles. The van der Waals surface area contributed by atoms with Crippen molar-refractivity contribution in [3.8, 4) is 5.75 Å². The highest BCUT2D eigenvalue weighted by molar-refractivity contribution is 6.06. The molecule has 0 spiro atoms. The van der Waals surface area contributed by atoms with Crippen molar-refractivity contribution in [3.63, 3.8) is 0 Å². The van der Waals surface area contributed by atoms with E-state index in [4.69, 9.17) is 4.74 Å². The van der Waals surface area contributed by atoms with E-state index in [-0.39, 0.29) is 17.2 Å². The van der Waals surface area contributed by atoms with Crippen molar-refractivity contribution in [2.75, 3.05) is 0 Å². The molecule has 3 heteroatoms. The summed E-state index contributed by atoms with van der Waals surface area (Å²) in [7, 11) is 0. The summed E-state index contributed by atoms with van der Waals surface area (Å²) in [6, 6.07) is 16.3. The van der Waals surface area contributed by atoms with Crippen LogP contribution in [0.1, 0.15) is 57.0 Å². The summed E-state index contributed by atoms with van der Waals surface area (Å²) >= 11 is 0. The number of carbonyl (C=O) groups excluding carboxylic acids is 2. The van der Waals surface area contributed by atoms with Gasteiger partial charge in [0, 0.05) is 5.56 Å². The van der Waals surface area contributed by atoms with Crippen molar-refractivity contribution in [2.45, 2.75) is 41.0 Å². The maximum absolute atomic E-state index is 12.5. The van der Waals surface area contributed by atoms with E-state index in [0.29, 0.717) is 11.3 Å². The van der Waals surface area contributed by atoms with Crippen molar-refractivity contribution >= 4 is 17.8 Å². The Morgan fingerprint density at radius 1 is 0.889 bits per heavy atom. The average Bonchev–Trinajstić information content (AvgIpc) is 2.59. The Balaban J connectivity index is 2.00. The lowest BCUT2D eigenvalue weighted by atomic mass is 9.76. The van der Waals surface area contributed by atoms with Crippen LogP contribution in [-0.4, -0.2) is 11.8 Å². The van der Waals surface area contributed by atoms with Gasteiger partial charge in [-0.2, -0.15) is 0 Å². The minimum Gasteiger partial charge on any atom is -0.426 e. The highest BCUT2D eigenvalue weighted by Gasteiger charge is 2.34. The minimum atomic E-state index is -0.557. The molecule has 0 fully saturated rings. The maximum atomic E-state index is 12.5. The molecule has 2 rings (SSSR count). The van der Waals surface area contributed by atoms with Gasteiger partial charge in [0.1, 0.15) is 5.75 Å². The van der Waals surface area contributed by atoms with E-state index in [0.717, 1.165) is 12.0 Å². The Morgan fingerprint density at radius 3 is 2.04 bits per heavy atom. The fourth-order valence-electron chi connectivity index (χ4n) is 3.16. The van der Waals surface area contributed by atoms with Gasteiger partial charge in [-0.15, -0.1) is 0 Å². The van der Waals surface area contributed by atoms with Gasteiger partial charge < -0.3 is 4.74 Å². The number of ether oxygens (including phenoxy) is 1. The number of esters is 1. The first-order valence-electron chi connectivity index (χ1n) is 9.17. The molecule has 0 N–H and O–H groups in total. The van der Waals surface area contributed by atoms with Crippen molar-refractivity contribution < 1.29 is 14.3 Å². The molecule has 27 heavy (non-hydrogen) atoms. The topological polar surface area (TPSA) is 43.4 Å². The Labute approximate surface area is 162 Å². The molecule has 3 nitrogen and oxygen atoms in total. The molecule has 0 amide bonds. The molecular weight excluding hydrogens is 336 g/mol. The van der Waals surface area contributed by atoms with Crippen LogP contribution in [0.2, 0.25) is 0 Å². The zero-order valence-electron chi connectivity index (χ0n) is 16.8. The first-order valence-corrected chi connectivity index (χ1v) is 9.17. The number of hydrogen-bond acceptors (Lipinski definition) is 3. The highest BCUT2D eigenvalue weighted by atomic mass is 16.5. The Hall–Kier alpha value is -2.68. The lowest BCUT2D eigenvalue weighted by molar-refractivity contribution is -0.145. The number of benzene rings is 2. The summed E-state index contributed by atoms with van der Waals surface area (Å²) in [6.07, 6.45) is 4.04. The van der Waals surface area contributed by atoms with Gasteiger partial charge in [-0.05, 0) is 49.5 Å². The number of ketones is 1. The van der Waals surface area contributed by atoms with Gasteiger partial charge in [-0.1, -0.05) is 69.3 Å². The summed E-state index contributed by atoms with van der Waals surface area (Å²) < 4.78 is 5.55. The molecule has 0 aliphatic rings. The van der Waals surface area contributed by atoms with Crippen LogP contribution in [0.15, 0.2) is 60.7 Å². The lowest BCUT2D eigenvalue weighted by Crippen LogP contribution is -2.33. The van der Waals surface area contributed by atoms with Gasteiger partial charge in [0.2, 0.25) is 0 Å². The first-order chi connectivity index (χ1) is 12.6. The smallest absolute Gasteiger partial charge is 0.316 e. The summed E-state index contributed by atoms with van der Waals surface area (Å²) in [5.41, 5.74) is 1.01. The van der Waals surface area contributed by atoms with Crippen molar-refractivity contribution in [2.24, 2.45) is 10.8 Å². The first kappa shape index (κ1) is 20.6. The molecule has 0 aromatic heterocycles. The molecule has 0 aliphatic carbocycles. The molecule has 0 saturated heterocycles. The third kappa shape index (κ3) is 6.52. The van der Waals surface area contributed by atoms with E-state index in [1.165, 1.54) is 0 Å². The van der Waals surface area contributed by atoms with Crippen LogP contribution in [0.4, 0.5) is 0 Å². The summed E-state index contributed by atoms with van der Waals surface area (Å²) in [5, 5.41) is 0. The third-order valence-corrected chi connectivity index (χ3v) is 4.10. The normalized spacial score (nSPS) is 12.2. The van der Waals surface area contributed by atoms with Crippen LogP contribution >= 0.6 is 0 Å². The molecule has 0 saturated carbocycles. The van der Waals surface area contributed by atoms with Gasteiger partial charge in [-0.3, -0.25) is 9.59 Å². The number of carbonyl (C=O) groups is 2.